The van der Waals surface area contributed by atoms with Gasteiger partial charge < -0.3 is 44.0 Å². The van der Waals surface area contributed by atoms with E-state index in [-0.39, 0.29) is 99.4 Å². The molecular formula is C6H16Cl3Li2MgN. The molecule has 0 aromatic carbocycles. The van der Waals surface area contributed by atoms with Crippen molar-refractivity contribution in [1.29, 1.82) is 0 Å². The van der Waals surface area contributed by atoms with Crippen LogP contribution in [0.3, 0.4) is 0 Å². The molecule has 1 nitrogen and oxygen atoms in total. The van der Waals surface area contributed by atoms with Gasteiger partial charge in [-0.25, -0.2) is 0 Å². The van der Waals surface area contributed by atoms with Crippen LogP contribution in [-0.2, 0) is 0 Å². The summed E-state index contributed by atoms with van der Waals surface area (Å²) >= 11 is 0. The Morgan fingerprint density at radius 2 is 0.923 bits per heavy atom. The normalized spacial score (nSPS) is 6.00. The third-order valence-corrected chi connectivity index (χ3v) is 0.667. The van der Waals surface area contributed by atoms with Crippen LogP contribution in [0.15, 0.2) is 0 Å². The molecule has 0 aromatic rings. The van der Waals surface area contributed by atoms with Crippen molar-refractivity contribution in [3.8, 4) is 0 Å². The Kier molecular flexibility index (Phi) is 101. The molecule has 0 fully saturated rings. The minimum atomic E-state index is 0. The molecule has 7 heteroatoms. The van der Waals surface area contributed by atoms with Gasteiger partial charge in [-0.3, -0.25) is 0 Å². The smallest absolute Gasteiger partial charge is 1.00 e. The number of hydrogen-bond acceptors (Lipinski definition) is 1. The van der Waals surface area contributed by atoms with Crippen LogP contribution in [0.1, 0.15) is 29.1 Å². The molecule has 0 saturated heterocycles. The minimum Gasteiger partial charge on any atom is -1.00 e. The molecule has 13 heavy (non-hydrogen) atoms. The molecule has 0 radical (unpaired) electrons. The van der Waals surface area contributed by atoms with Crippen LogP contribution in [0, 0.1) is 0 Å². The first-order valence-electron chi connectivity index (χ1n) is 2.89. The van der Waals surface area contributed by atoms with E-state index in [9.17, 15) is 0 Å². The van der Waals surface area contributed by atoms with Gasteiger partial charge in [0.2, 0.25) is 0 Å². The maximum absolute atomic E-state index is 3.31. The van der Waals surface area contributed by atoms with Crippen molar-refractivity contribution in [2.24, 2.45) is 0 Å². The van der Waals surface area contributed by atoms with Crippen molar-refractivity contribution in [2.75, 3.05) is 0 Å². The van der Waals surface area contributed by atoms with Crippen molar-refractivity contribution < 1.29 is 76.4 Å². The summed E-state index contributed by atoms with van der Waals surface area (Å²) < 4.78 is 0. The second-order valence-corrected chi connectivity index (χ2v) is 2.48. The third kappa shape index (κ3) is 52.5. The standard InChI is InChI=1S/C6H15N.3ClH.2Li.Mg.H/c1-5(2)7-6(3)4;;;;;;;/h5-7H,1-4H3;3*1H;;;;/q;;;;2*+1;+2;-1/p-3. The Morgan fingerprint density at radius 3 is 0.923 bits per heavy atom. The topological polar surface area (TPSA) is 12.0 Å². The maximum atomic E-state index is 3.31. The van der Waals surface area contributed by atoms with E-state index < -0.39 is 0 Å². The summed E-state index contributed by atoms with van der Waals surface area (Å²) in [5, 5.41) is 3.31. The predicted molar refractivity (Wildman–Crippen MR) is 40.3 cm³/mol. The quantitative estimate of drug-likeness (QED) is 0.478. The molecule has 0 aliphatic carbocycles. The first-order chi connectivity index (χ1) is 3.13. The zero-order valence-corrected chi connectivity index (χ0v) is 13.2. The van der Waals surface area contributed by atoms with Gasteiger partial charge in [-0.1, -0.05) is 27.7 Å². The summed E-state index contributed by atoms with van der Waals surface area (Å²) in [6.45, 7) is 8.61. The molecule has 70 valence electrons. The van der Waals surface area contributed by atoms with E-state index in [4.69, 9.17) is 0 Å². The van der Waals surface area contributed by atoms with Gasteiger partial charge >= 0.3 is 60.8 Å². The first kappa shape index (κ1) is 44.7. The van der Waals surface area contributed by atoms with Crippen molar-refractivity contribution in [1.82, 2.24) is 5.32 Å². The molecule has 0 aromatic heterocycles. The van der Waals surface area contributed by atoms with Gasteiger partial charge in [0.15, 0.2) is 0 Å². The summed E-state index contributed by atoms with van der Waals surface area (Å²) in [5.74, 6) is 0. The molecule has 0 atom stereocenters. The van der Waals surface area contributed by atoms with Gasteiger partial charge in [0.05, 0.1) is 0 Å². The van der Waals surface area contributed by atoms with Crippen molar-refractivity contribution in [3.05, 3.63) is 0 Å². The van der Waals surface area contributed by atoms with Crippen molar-refractivity contribution in [2.45, 2.75) is 39.8 Å². The molecule has 0 saturated carbocycles. The zero-order valence-electron chi connectivity index (χ0n) is 10.5. The van der Waals surface area contributed by atoms with Gasteiger partial charge in [0, 0.05) is 12.1 Å². The number of hydrogen-bond donors (Lipinski definition) is 1. The van der Waals surface area contributed by atoms with E-state index in [1.807, 2.05) is 0 Å². The monoisotopic (exact) mass is 245 g/mol. The summed E-state index contributed by atoms with van der Waals surface area (Å²) in [5.41, 5.74) is 0. The Balaban J connectivity index is -0.00000000857. The number of halogens is 3. The largest absolute Gasteiger partial charge is 2.00 e. The Morgan fingerprint density at radius 1 is 0.769 bits per heavy atom. The van der Waals surface area contributed by atoms with Crippen molar-refractivity contribution in [3.63, 3.8) is 0 Å². The molecule has 0 bridgehead atoms. The average Bonchev–Trinajstić information content (AvgIpc) is 1.27. The average molecular weight is 247 g/mol. The molecule has 0 aliphatic rings. The van der Waals surface area contributed by atoms with E-state index in [0.717, 1.165) is 0 Å². The van der Waals surface area contributed by atoms with Crippen LogP contribution >= 0.6 is 0 Å². The fourth-order valence-electron chi connectivity index (χ4n) is 0.667. The van der Waals surface area contributed by atoms with Crippen LogP contribution in [0.25, 0.3) is 0 Å². The van der Waals surface area contributed by atoms with Gasteiger partial charge in [-0.15, -0.1) is 0 Å². The summed E-state index contributed by atoms with van der Waals surface area (Å²) in [7, 11) is 0. The Hall–Kier alpha value is 2.79. The molecule has 1 N–H and O–H groups in total. The molecule has 0 rings (SSSR count). The van der Waals surface area contributed by atoms with Crippen LogP contribution in [0.5, 0.6) is 0 Å². The summed E-state index contributed by atoms with van der Waals surface area (Å²) in [6, 6.07) is 1.25. The molecule has 0 amide bonds. The van der Waals surface area contributed by atoms with Gasteiger partial charge in [0.1, 0.15) is 0 Å². The van der Waals surface area contributed by atoms with Crippen LogP contribution in [0.2, 0.25) is 0 Å². The number of rotatable bonds is 2. The molecule has 0 spiro atoms. The van der Waals surface area contributed by atoms with E-state index >= 15 is 0 Å². The fourth-order valence-corrected chi connectivity index (χ4v) is 0.667. The first-order valence-corrected chi connectivity index (χ1v) is 2.89. The van der Waals surface area contributed by atoms with Gasteiger partial charge in [-0.2, -0.15) is 0 Å². The van der Waals surface area contributed by atoms with Gasteiger partial charge in [-0.05, 0) is 0 Å². The number of nitrogens with one attached hydrogen (secondary N) is 1. The Labute approximate surface area is 143 Å². The minimum absolute atomic E-state index is 0. The van der Waals surface area contributed by atoms with E-state index in [2.05, 4.69) is 33.0 Å². The van der Waals surface area contributed by atoms with Crippen molar-refractivity contribution >= 4 is 23.1 Å². The fraction of sp³-hybridized carbons (Fsp3) is 1.00. The van der Waals surface area contributed by atoms with E-state index in [1.165, 1.54) is 0 Å². The summed E-state index contributed by atoms with van der Waals surface area (Å²) in [6.07, 6.45) is 0. The molecule has 0 aliphatic heterocycles. The molecule has 0 heterocycles. The van der Waals surface area contributed by atoms with Crippen LogP contribution < -0.4 is 80.3 Å². The molecular weight excluding hydrogens is 231 g/mol. The Bertz CT molecular complexity index is 60.3. The van der Waals surface area contributed by atoms with Crippen LogP contribution in [0.4, 0.5) is 0 Å². The van der Waals surface area contributed by atoms with Crippen LogP contribution in [-0.4, -0.2) is 35.1 Å². The predicted octanol–water partition coefficient (Wildman–Crippen LogP) is -13.9. The molecule has 0 unspecified atom stereocenters. The van der Waals surface area contributed by atoms with Gasteiger partial charge in [0.25, 0.3) is 0 Å². The third-order valence-electron chi connectivity index (χ3n) is 0.667. The SMILES string of the molecule is CC(C)NC(C)C.[Cl-].[Cl-].[Cl-].[H-].[Li+].[Li+].[Mg+2]. The summed E-state index contributed by atoms with van der Waals surface area (Å²) in [4.78, 5) is 0. The second-order valence-electron chi connectivity index (χ2n) is 2.48. The van der Waals surface area contributed by atoms with E-state index in [1.54, 1.807) is 0 Å². The second kappa shape index (κ2) is 29.3. The van der Waals surface area contributed by atoms with E-state index in [0.29, 0.717) is 12.1 Å². The zero-order chi connectivity index (χ0) is 5.86. The maximum Gasteiger partial charge on any atom is 2.00 e.